The second-order valence-corrected chi connectivity index (χ2v) is 13.0. The lowest BCUT2D eigenvalue weighted by atomic mass is 9.73. The molecule has 6 rings (SSSR count). The lowest BCUT2D eigenvalue weighted by molar-refractivity contribution is -0.142. The number of piperidine rings is 1. The molecule has 3 saturated heterocycles. The summed E-state index contributed by atoms with van der Waals surface area (Å²) in [7, 11) is 0. The van der Waals surface area contributed by atoms with Crippen LogP contribution in [0.25, 0.3) is 0 Å². The molecule has 0 aromatic heterocycles. The van der Waals surface area contributed by atoms with Gasteiger partial charge in [0.25, 0.3) is 0 Å². The highest BCUT2D eigenvalue weighted by Crippen LogP contribution is 2.55. The summed E-state index contributed by atoms with van der Waals surface area (Å²) in [4.78, 5) is 46.1. The highest BCUT2D eigenvalue weighted by Gasteiger charge is 2.72. The van der Waals surface area contributed by atoms with Crippen molar-refractivity contribution >= 4 is 35.0 Å². The van der Waals surface area contributed by atoms with E-state index in [2.05, 4.69) is 29.4 Å². The maximum absolute atomic E-state index is 14.2. The van der Waals surface area contributed by atoms with Crippen LogP contribution in [0, 0.1) is 23.7 Å². The summed E-state index contributed by atoms with van der Waals surface area (Å²) in [5.41, 5.74) is -0.531. The first-order valence-electron chi connectivity index (χ1n) is 15.1. The second kappa shape index (κ2) is 11.1. The van der Waals surface area contributed by atoms with E-state index in [1.165, 1.54) is 12.8 Å². The highest BCUT2D eigenvalue weighted by atomic mass is 35.5. The third-order valence-corrected chi connectivity index (χ3v) is 10.4. The van der Waals surface area contributed by atoms with Crippen LogP contribution in [0.1, 0.15) is 52.4 Å². The molecule has 3 amide bonds. The van der Waals surface area contributed by atoms with E-state index in [-0.39, 0.29) is 23.8 Å². The first kappa shape index (κ1) is 27.7. The Hall–Kier alpha value is -2.42. The van der Waals surface area contributed by atoms with E-state index >= 15 is 0 Å². The average Bonchev–Trinajstić information content (AvgIpc) is 3.59. The van der Waals surface area contributed by atoms with E-state index in [4.69, 9.17) is 16.3 Å². The predicted octanol–water partition coefficient (Wildman–Crippen LogP) is 3.86. The van der Waals surface area contributed by atoms with Gasteiger partial charge in [0.15, 0.2) is 0 Å². The quantitative estimate of drug-likeness (QED) is 0.488. The predicted molar refractivity (Wildman–Crippen MR) is 154 cm³/mol. The van der Waals surface area contributed by atoms with Crippen LogP contribution in [0.2, 0.25) is 5.02 Å². The van der Waals surface area contributed by atoms with Crippen molar-refractivity contribution in [3.8, 4) is 0 Å². The van der Waals surface area contributed by atoms with Crippen molar-refractivity contribution in [1.82, 2.24) is 15.1 Å². The third kappa shape index (κ3) is 4.86. The normalized spacial score (nSPS) is 37.0. The van der Waals surface area contributed by atoms with Crippen LogP contribution >= 0.6 is 11.6 Å². The molecule has 0 unspecified atom stereocenters. The maximum Gasteiger partial charge on any atom is 0.246 e. The van der Waals surface area contributed by atoms with Crippen LogP contribution < -0.4 is 10.6 Å². The van der Waals surface area contributed by atoms with Gasteiger partial charge < -0.3 is 25.2 Å². The maximum atomic E-state index is 14.2. The van der Waals surface area contributed by atoms with E-state index in [0.717, 1.165) is 38.8 Å². The van der Waals surface area contributed by atoms with Crippen LogP contribution in [0.5, 0.6) is 0 Å². The van der Waals surface area contributed by atoms with Gasteiger partial charge in [-0.2, -0.15) is 0 Å². The molecule has 4 heterocycles. The topological polar surface area (TPSA) is 91.0 Å². The van der Waals surface area contributed by atoms with Crippen molar-refractivity contribution in [3.63, 3.8) is 0 Å². The first-order chi connectivity index (χ1) is 19.3. The highest BCUT2D eigenvalue weighted by molar-refractivity contribution is 6.30. The summed E-state index contributed by atoms with van der Waals surface area (Å²) >= 11 is 6.02. The Morgan fingerprint density at radius 3 is 2.52 bits per heavy atom. The van der Waals surface area contributed by atoms with Gasteiger partial charge in [-0.15, -0.1) is 0 Å². The Kier molecular flexibility index (Phi) is 7.70. The number of likely N-dealkylation sites (tertiary alicyclic amines) is 2. The molecule has 1 aromatic carbocycles. The third-order valence-electron chi connectivity index (χ3n) is 10.2. The minimum absolute atomic E-state index is 0.0670. The molecule has 8 atom stereocenters. The average molecular weight is 569 g/mol. The van der Waals surface area contributed by atoms with Crippen LogP contribution in [-0.4, -0.2) is 77.5 Å². The standard InChI is InChI=1S/C31H41ClN4O4/c1-19-7-6-8-23(20(19)2)34-29(38)27-31-14-13-24(40-31)25(28(37)33-22-11-9-21(32)10-12-22)26(31)30(39)36(27)18-17-35-15-4-3-5-16-35/h9-14,19-20,23-27H,3-8,15-18H2,1-2H3,(H,33,37)(H,34,38)/t19-,20+,23+,24+,25+,26+,27+,31+/m1/s1. The Bertz CT molecular complexity index is 1170. The number of hydrogen-bond donors (Lipinski definition) is 2. The Morgan fingerprint density at radius 1 is 1.02 bits per heavy atom. The van der Waals surface area contributed by atoms with Gasteiger partial charge in [-0.1, -0.05) is 56.9 Å². The number of carbonyl (C=O) groups is 3. The molecular weight excluding hydrogens is 528 g/mol. The molecular formula is C31H41ClN4O4. The molecule has 5 aliphatic rings. The van der Waals surface area contributed by atoms with Crippen molar-refractivity contribution in [2.75, 3.05) is 31.5 Å². The molecule has 2 bridgehead atoms. The smallest absolute Gasteiger partial charge is 0.246 e. The molecule has 8 nitrogen and oxygen atoms in total. The zero-order chi connectivity index (χ0) is 28.0. The zero-order valence-corrected chi connectivity index (χ0v) is 24.2. The number of carbonyl (C=O) groups excluding carboxylic acids is 3. The summed E-state index contributed by atoms with van der Waals surface area (Å²) in [6.45, 7) is 7.63. The number of amides is 3. The number of nitrogens with zero attached hydrogens (tertiary/aromatic N) is 2. The SMILES string of the molecule is C[C@H]1[C@H](C)CCC[C@@H]1NC(=O)[C@@H]1N(CCN2CCCCC2)C(=O)[C@@H]2[C@@H](C(=O)Nc3ccc(Cl)cc3)[C@@H]3C=C[C@]21O3. The number of hydrogen-bond acceptors (Lipinski definition) is 5. The van der Waals surface area contributed by atoms with Crippen molar-refractivity contribution in [2.45, 2.75) is 76.2 Å². The monoisotopic (exact) mass is 568 g/mol. The van der Waals surface area contributed by atoms with Gasteiger partial charge >= 0.3 is 0 Å². The van der Waals surface area contributed by atoms with Gasteiger partial charge in [-0.25, -0.2) is 0 Å². The second-order valence-electron chi connectivity index (χ2n) is 12.5. The summed E-state index contributed by atoms with van der Waals surface area (Å²) in [5, 5.41) is 6.87. The van der Waals surface area contributed by atoms with E-state index < -0.39 is 29.6 Å². The number of rotatable bonds is 7. The Labute approximate surface area is 241 Å². The van der Waals surface area contributed by atoms with E-state index in [0.29, 0.717) is 35.6 Å². The lowest BCUT2D eigenvalue weighted by Crippen LogP contribution is -2.58. The molecule has 1 aromatic rings. The summed E-state index contributed by atoms with van der Waals surface area (Å²) < 4.78 is 6.51. The number of ether oxygens (including phenoxy) is 1. The number of nitrogens with one attached hydrogen (secondary N) is 2. The number of anilines is 1. The fourth-order valence-electron chi connectivity index (χ4n) is 7.75. The molecule has 216 valence electrons. The molecule has 4 fully saturated rings. The summed E-state index contributed by atoms with van der Waals surface area (Å²) in [5.74, 6) is -1.16. The summed E-state index contributed by atoms with van der Waals surface area (Å²) in [6.07, 6.45) is 9.95. The molecule has 40 heavy (non-hydrogen) atoms. The fraction of sp³-hybridized carbons (Fsp3) is 0.645. The fourth-order valence-corrected chi connectivity index (χ4v) is 7.87. The van der Waals surface area contributed by atoms with Crippen molar-refractivity contribution in [1.29, 1.82) is 0 Å². The minimum Gasteiger partial charge on any atom is -0.359 e. The van der Waals surface area contributed by atoms with Gasteiger partial charge in [0.1, 0.15) is 11.6 Å². The summed E-state index contributed by atoms with van der Waals surface area (Å²) in [6, 6.07) is 6.18. The minimum atomic E-state index is -1.14. The van der Waals surface area contributed by atoms with Gasteiger partial charge in [0.05, 0.1) is 17.9 Å². The van der Waals surface area contributed by atoms with Crippen molar-refractivity contribution in [3.05, 3.63) is 41.4 Å². The van der Waals surface area contributed by atoms with Gasteiger partial charge in [0, 0.05) is 29.8 Å². The van der Waals surface area contributed by atoms with Crippen LogP contribution in [-0.2, 0) is 19.1 Å². The van der Waals surface area contributed by atoms with Crippen molar-refractivity contribution < 1.29 is 19.1 Å². The molecule has 1 aliphatic carbocycles. The number of fused-ring (bicyclic) bond motifs is 1. The van der Waals surface area contributed by atoms with Crippen LogP contribution in [0.4, 0.5) is 5.69 Å². The van der Waals surface area contributed by atoms with E-state index in [1.807, 2.05) is 12.2 Å². The Morgan fingerprint density at radius 2 is 1.77 bits per heavy atom. The number of halogens is 1. The molecule has 1 spiro atoms. The largest absolute Gasteiger partial charge is 0.359 e. The van der Waals surface area contributed by atoms with Crippen LogP contribution in [0.3, 0.4) is 0 Å². The van der Waals surface area contributed by atoms with Gasteiger partial charge in [0.2, 0.25) is 17.7 Å². The lowest BCUT2D eigenvalue weighted by Gasteiger charge is -2.38. The molecule has 1 saturated carbocycles. The van der Waals surface area contributed by atoms with Crippen molar-refractivity contribution in [2.24, 2.45) is 23.7 Å². The molecule has 9 heteroatoms. The molecule has 0 radical (unpaired) electrons. The molecule has 2 N–H and O–H groups in total. The van der Waals surface area contributed by atoms with Gasteiger partial charge in [-0.05, 0) is 68.5 Å². The first-order valence-corrected chi connectivity index (χ1v) is 15.4. The number of benzene rings is 1. The Balaban J connectivity index is 1.27. The molecule has 4 aliphatic heterocycles. The van der Waals surface area contributed by atoms with E-state index in [9.17, 15) is 14.4 Å². The van der Waals surface area contributed by atoms with Crippen LogP contribution in [0.15, 0.2) is 36.4 Å². The van der Waals surface area contributed by atoms with E-state index in [1.54, 1.807) is 29.2 Å². The van der Waals surface area contributed by atoms with Gasteiger partial charge in [-0.3, -0.25) is 14.4 Å². The zero-order valence-electron chi connectivity index (χ0n) is 23.5.